The van der Waals surface area contributed by atoms with Crippen LogP contribution in [0.15, 0.2) is 54.1 Å². The molecule has 2 aromatic rings. The SMILES string of the molecule is O=C1c2ccccc2N[C@@H](C2=Cc3ccccc3OC2)N1CC(F)(F)F. The van der Waals surface area contributed by atoms with Crippen molar-refractivity contribution >= 4 is 17.7 Å². The normalized spacial score (nSPS) is 19.0. The molecule has 1 amide bonds. The average Bonchev–Trinajstić information content (AvgIpc) is 2.62. The predicted octanol–water partition coefficient (Wildman–Crippen LogP) is 3.92. The standard InChI is InChI=1S/C19H15F3N2O2/c20-19(21,22)11-24-17(23-15-7-3-2-6-14(15)18(24)25)13-9-12-5-1-4-8-16(12)26-10-13/h1-9,17,23H,10-11H2/t17-/m1/s1. The molecule has 2 aliphatic heterocycles. The lowest BCUT2D eigenvalue weighted by molar-refractivity contribution is -0.143. The van der Waals surface area contributed by atoms with Gasteiger partial charge in [0.15, 0.2) is 0 Å². The topological polar surface area (TPSA) is 41.6 Å². The number of hydrogen-bond donors (Lipinski definition) is 1. The molecule has 0 saturated heterocycles. The van der Waals surface area contributed by atoms with Crippen LogP contribution in [0.2, 0.25) is 0 Å². The van der Waals surface area contributed by atoms with E-state index in [2.05, 4.69) is 5.32 Å². The minimum atomic E-state index is -4.50. The maximum Gasteiger partial charge on any atom is 0.406 e. The number of carbonyl (C=O) groups excluding carboxylic acids is 1. The van der Waals surface area contributed by atoms with Crippen molar-refractivity contribution in [3.8, 4) is 5.75 Å². The van der Waals surface area contributed by atoms with Crippen molar-refractivity contribution in [2.45, 2.75) is 12.3 Å². The van der Waals surface area contributed by atoms with E-state index in [1.54, 1.807) is 30.3 Å². The maximum absolute atomic E-state index is 13.1. The number of ether oxygens (including phenoxy) is 1. The van der Waals surface area contributed by atoms with Gasteiger partial charge in [-0.1, -0.05) is 30.3 Å². The molecule has 0 aliphatic carbocycles. The van der Waals surface area contributed by atoms with E-state index in [1.165, 1.54) is 6.07 Å². The van der Waals surface area contributed by atoms with E-state index in [1.807, 2.05) is 18.2 Å². The van der Waals surface area contributed by atoms with Crippen molar-refractivity contribution in [1.82, 2.24) is 4.90 Å². The summed E-state index contributed by atoms with van der Waals surface area (Å²) in [6, 6.07) is 13.8. The first kappa shape index (κ1) is 16.5. The second-order valence-electron chi connectivity index (χ2n) is 6.19. The first-order valence-corrected chi connectivity index (χ1v) is 8.08. The monoisotopic (exact) mass is 360 g/mol. The Bertz CT molecular complexity index is 892. The van der Waals surface area contributed by atoms with Crippen LogP contribution in [0.25, 0.3) is 6.08 Å². The van der Waals surface area contributed by atoms with Gasteiger partial charge in [0.25, 0.3) is 5.91 Å². The van der Waals surface area contributed by atoms with Gasteiger partial charge in [0.05, 0.1) is 5.56 Å². The van der Waals surface area contributed by atoms with Crippen LogP contribution in [-0.2, 0) is 0 Å². The van der Waals surface area contributed by atoms with Crippen molar-refractivity contribution in [1.29, 1.82) is 0 Å². The van der Waals surface area contributed by atoms with E-state index in [4.69, 9.17) is 4.74 Å². The van der Waals surface area contributed by atoms with Crippen molar-refractivity contribution < 1.29 is 22.7 Å². The van der Waals surface area contributed by atoms with E-state index in [9.17, 15) is 18.0 Å². The van der Waals surface area contributed by atoms with Crippen molar-refractivity contribution in [3.05, 3.63) is 65.2 Å². The van der Waals surface area contributed by atoms with Crippen LogP contribution < -0.4 is 10.1 Å². The Labute approximate surface area is 147 Å². The molecule has 4 rings (SSSR count). The molecule has 7 heteroatoms. The fourth-order valence-corrected chi connectivity index (χ4v) is 3.23. The molecule has 2 aromatic carbocycles. The summed E-state index contributed by atoms with van der Waals surface area (Å²) in [5.41, 5.74) is 2.08. The number of hydrogen-bond acceptors (Lipinski definition) is 3. The lowest BCUT2D eigenvalue weighted by atomic mass is 10.0. The summed E-state index contributed by atoms with van der Waals surface area (Å²) in [7, 11) is 0. The highest BCUT2D eigenvalue weighted by atomic mass is 19.4. The van der Waals surface area contributed by atoms with Gasteiger partial charge in [-0.15, -0.1) is 0 Å². The van der Waals surface area contributed by atoms with Gasteiger partial charge in [-0.25, -0.2) is 0 Å². The van der Waals surface area contributed by atoms with E-state index in [0.717, 1.165) is 10.5 Å². The van der Waals surface area contributed by atoms with E-state index in [0.29, 0.717) is 17.0 Å². The van der Waals surface area contributed by atoms with Crippen LogP contribution in [0, 0.1) is 0 Å². The van der Waals surface area contributed by atoms with Gasteiger partial charge >= 0.3 is 6.18 Å². The Kier molecular flexibility index (Phi) is 3.86. The number of nitrogens with zero attached hydrogens (tertiary/aromatic N) is 1. The third-order valence-electron chi connectivity index (χ3n) is 4.38. The van der Waals surface area contributed by atoms with Crippen molar-refractivity contribution in [2.75, 3.05) is 18.5 Å². The Balaban J connectivity index is 1.75. The molecular formula is C19H15F3N2O2. The summed E-state index contributed by atoms with van der Waals surface area (Å²) in [6.45, 7) is -1.23. The number of fused-ring (bicyclic) bond motifs is 2. The average molecular weight is 360 g/mol. The zero-order valence-electron chi connectivity index (χ0n) is 13.6. The number of rotatable bonds is 2. The fraction of sp³-hybridized carbons (Fsp3) is 0.211. The quantitative estimate of drug-likeness (QED) is 0.883. The lowest BCUT2D eigenvalue weighted by Gasteiger charge is -2.40. The number of halogens is 3. The molecule has 2 heterocycles. The smallest absolute Gasteiger partial charge is 0.406 e. The van der Waals surface area contributed by atoms with Gasteiger partial charge in [-0.3, -0.25) is 4.79 Å². The van der Waals surface area contributed by atoms with Crippen molar-refractivity contribution in [3.63, 3.8) is 0 Å². The summed E-state index contributed by atoms with van der Waals surface area (Å²) in [5, 5.41) is 3.06. The summed E-state index contributed by atoms with van der Waals surface area (Å²) in [6.07, 6.45) is -3.65. The molecule has 0 saturated carbocycles. The minimum absolute atomic E-state index is 0.110. The van der Waals surface area contributed by atoms with Gasteiger partial charge in [0, 0.05) is 16.8 Å². The molecule has 0 bridgehead atoms. The number of benzene rings is 2. The highest BCUT2D eigenvalue weighted by Gasteiger charge is 2.41. The summed E-state index contributed by atoms with van der Waals surface area (Å²) in [4.78, 5) is 13.5. The van der Waals surface area contributed by atoms with Gasteiger partial charge in [0.1, 0.15) is 25.1 Å². The minimum Gasteiger partial charge on any atom is -0.488 e. The van der Waals surface area contributed by atoms with E-state index in [-0.39, 0.29) is 12.2 Å². The highest BCUT2D eigenvalue weighted by molar-refractivity contribution is 6.02. The Hall–Kier alpha value is -2.96. The molecule has 0 fully saturated rings. The fourth-order valence-electron chi connectivity index (χ4n) is 3.23. The van der Waals surface area contributed by atoms with Crippen LogP contribution in [-0.4, -0.2) is 36.3 Å². The second kappa shape index (κ2) is 6.09. The molecule has 0 unspecified atom stereocenters. The summed E-state index contributed by atoms with van der Waals surface area (Å²) >= 11 is 0. The number of anilines is 1. The summed E-state index contributed by atoms with van der Waals surface area (Å²) < 4.78 is 45.0. The molecule has 0 spiro atoms. The van der Waals surface area contributed by atoms with Gasteiger partial charge in [-0.2, -0.15) is 13.2 Å². The first-order chi connectivity index (χ1) is 12.4. The van der Waals surface area contributed by atoms with Crippen LogP contribution >= 0.6 is 0 Å². The molecular weight excluding hydrogens is 345 g/mol. The van der Waals surface area contributed by atoms with Crippen LogP contribution in [0.4, 0.5) is 18.9 Å². The van der Waals surface area contributed by atoms with Gasteiger partial charge < -0.3 is 15.0 Å². The third-order valence-corrected chi connectivity index (χ3v) is 4.38. The van der Waals surface area contributed by atoms with Gasteiger partial charge in [0.2, 0.25) is 0 Å². The van der Waals surface area contributed by atoms with Crippen LogP contribution in [0.1, 0.15) is 15.9 Å². The van der Waals surface area contributed by atoms with Crippen molar-refractivity contribution in [2.24, 2.45) is 0 Å². The lowest BCUT2D eigenvalue weighted by Crippen LogP contribution is -2.53. The Morgan fingerprint density at radius 2 is 1.85 bits per heavy atom. The Morgan fingerprint density at radius 1 is 1.12 bits per heavy atom. The molecule has 1 atom stereocenters. The predicted molar refractivity (Wildman–Crippen MR) is 90.9 cm³/mol. The largest absolute Gasteiger partial charge is 0.488 e. The van der Waals surface area contributed by atoms with Gasteiger partial charge in [-0.05, 0) is 24.3 Å². The second-order valence-corrected chi connectivity index (χ2v) is 6.19. The first-order valence-electron chi connectivity index (χ1n) is 8.08. The molecule has 4 nitrogen and oxygen atoms in total. The third kappa shape index (κ3) is 3.00. The number of alkyl halides is 3. The highest BCUT2D eigenvalue weighted by Crippen LogP contribution is 2.34. The molecule has 26 heavy (non-hydrogen) atoms. The van der Waals surface area contributed by atoms with E-state index < -0.39 is 24.8 Å². The van der Waals surface area contributed by atoms with Crippen LogP contribution in [0.5, 0.6) is 5.75 Å². The van der Waals surface area contributed by atoms with Crippen LogP contribution in [0.3, 0.4) is 0 Å². The maximum atomic E-state index is 13.1. The molecule has 2 aliphatic rings. The van der Waals surface area contributed by atoms with E-state index >= 15 is 0 Å². The summed E-state index contributed by atoms with van der Waals surface area (Å²) in [5.74, 6) is 0.0163. The zero-order valence-corrected chi connectivity index (χ0v) is 13.6. The number of carbonyl (C=O) groups is 1. The Morgan fingerprint density at radius 3 is 2.65 bits per heavy atom. The number of nitrogens with one attached hydrogen (secondary N) is 1. The molecule has 0 aromatic heterocycles. The number of amides is 1. The molecule has 0 radical (unpaired) electrons. The zero-order chi connectivity index (χ0) is 18.3. The molecule has 1 N–H and O–H groups in total. The molecule has 134 valence electrons. The number of para-hydroxylation sites is 2.